The Kier molecular flexibility index (Phi) is 7.52. The number of hydrogen-bond acceptors (Lipinski definition) is 5. The minimum absolute atomic E-state index is 0.0375. The summed E-state index contributed by atoms with van der Waals surface area (Å²) >= 11 is 0. The molecule has 0 amide bonds. The van der Waals surface area contributed by atoms with E-state index in [1.54, 1.807) is 28.4 Å². The number of allylic oxidation sites excluding steroid dienone is 2. The van der Waals surface area contributed by atoms with Crippen molar-refractivity contribution in [1.29, 1.82) is 0 Å². The predicted octanol–water partition coefficient (Wildman–Crippen LogP) is 6.21. The van der Waals surface area contributed by atoms with E-state index in [2.05, 4.69) is 20.8 Å². The van der Waals surface area contributed by atoms with E-state index < -0.39 is 0 Å². The summed E-state index contributed by atoms with van der Waals surface area (Å²) in [5.74, 6) is 3.19. The molecule has 0 aliphatic heterocycles. The fraction of sp³-hybridized carbons (Fsp3) is 0.393. The van der Waals surface area contributed by atoms with Crippen molar-refractivity contribution in [3.63, 3.8) is 0 Å². The fourth-order valence-corrected chi connectivity index (χ4v) is 4.14. The molecular weight excluding hydrogens is 416 g/mol. The summed E-state index contributed by atoms with van der Waals surface area (Å²) < 4.78 is 21.8. The van der Waals surface area contributed by atoms with E-state index in [0.717, 1.165) is 33.8 Å². The highest BCUT2D eigenvalue weighted by atomic mass is 16.5. The van der Waals surface area contributed by atoms with Crippen molar-refractivity contribution in [2.45, 2.75) is 33.6 Å². The van der Waals surface area contributed by atoms with Gasteiger partial charge < -0.3 is 18.9 Å². The smallest absolute Gasteiger partial charge is 0.185 e. The summed E-state index contributed by atoms with van der Waals surface area (Å²) in [6, 6.07) is 11.2. The van der Waals surface area contributed by atoms with E-state index in [0.29, 0.717) is 30.3 Å². The molecule has 3 rings (SSSR count). The summed E-state index contributed by atoms with van der Waals surface area (Å²) in [4.78, 5) is 13.6. The van der Waals surface area contributed by atoms with Crippen LogP contribution in [0.4, 0.5) is 0 Å². The molecule has 0 aromatic heterocycles. The number of rotatable bonds is 6. The maximum Gasteiger partial charge on any atom is 0.185 e. The maximum absolute atomic E-state index is 13.6. The van der Waals surface area contributed by atoms with Crippen LogP contribution in [0.2, 0.25) is 0 Å². The third-order valence-corrected chi connectivity index (χ3v) is 6.27. The molecule has 1 fully saturated rings. The predicted molar refractivity (Wildman–Crippen MR) is 132 cm³/mol. The van der Waals surface area contributed by atoms with Crippen LogP contribution in [0.15, 0.2) is 47.5 Å². The van der Waals surface area contributed by atoms with Gasteiger partial charge in [0, 0.05) is 22.3 Å². The average molecular weight is 451 g/mol. The fourth-order valence-electron chi connectivity index (χ4n) is 4.14. The van der Waals surface area contributed by atoms with Crippen LogP contribution in [0.5, 0.6) is 23.0 Å². The number of benzene rings is 2. The highest BCUT2D eigenvalue weighted by Gasteiger charge is 2.34. The zero-order valence-corrected chi connectivity index (χ0v) is 20.7. The molecular formula is C28H34O5. The van der Waals surface area contributed by atoms with Gasteiger partial charge in [-0.25, -0.2) is 0 Å². The van der Waals surface area contributed by atoms with Crippen LogP contribution in [0, 0.1) is 11.3 Å². The number of Topliss-reactive ketones (excluding diaryl/α,β-unsaturated/α-hetero) is 1. The lowest BCUT2D eigenvalue weighted by Crippen LogP contribution is -2.29. The van der Waals surface area contributed by atoms with Gasteiger partial charge in [0.2, 0.25) is 0 Å². The second-order valence-corrected chi connectivity index (χ2v) is 9.36. The molecule has 0 heterocycles. The lowest BCUT2D eigenvalue weighted by atomic mass is 9.68. The van der Waals surface area contributed by atoms with Crippen LogP contribution in [0.3, 0.4) is 0 Å². The average Bonchev–Trinajstić information content (AvgIpc) is 2.80. The van der Waals surface area contributed by atoms with Crippen molar-refractivity contribution in [2.75, 3.05) is 28.4 Å². The number of carbonyl (C=O) groups excluding carboxylic acids is 1. The molecule has 33 heavy (non-hydrogen) atoms. The lowest BCUT2D eigenvalue weighted by Gasteiger charge is -2.35. The Labute approximate surface area is 197 Å². The van der Waals surface area contributed by atoms with Crippen molar-refractivity contribution < 1.29 is 23.7 Å². The lowest BCUT2D eigenvalue weighted by molar-refractivity contribution is -0.113. The standard InChI is InChI=1S/C28H34O5/c1-28(2,3)22-14-20(12-18-16-23(30-4)8-10-25(18)32-6)27(29)21(15-22)13-19-17-24(31-5)9-11-26(19)33-7/h8-13,16-17,22H,14-15H2,1-7H3/b20-12+,21-13+. The molecule has 2 aromatic carbocycles. The van der Waals surface area contributed by atoms with Gasteiger partial charge in [0.25, 0.3) is 0 Å². The molecule has 0 atom stereocenters. The maximum atomic E-state index is 13.6. The normalized spacial score (nSPS) is 19.0. The first-order valence-electron chi connectivity index (χ1n) is 11.1. The number of hydrogen-bond donors (Lipinski definition) is 0. The zero-order chi connectivity index (χ0) is 24.2. The second kappa shape index (κ2) is 10.2. The highest BCUT2D eigenvalue weighted by Crippen LogP contribution is 2.43. The Bertz CT molecular complexity index is 995. The SMILES string of the molecule is COc1ccc(OC)c(/C=C2\CC(C(C)(C)C)C/C(=C\c3cc(OC)ccc3OC)C2=O)c1. The third-order valence-electron chi connectivity index (χ3n) is 6.27. The molecule has 0 bridgehead atoms. The summed E-state index contributed by atoms with van der Waals surface area (Å²) in [7, 11) is 6.51. The summed E-state index contributed by atoms with van der Waals surface area (Å²) in [6.07, 6.45) is 5.29. The molecule has 0 unspecified atom stereocenters. The van der Waals surface area contributed by atoms with E-state index in [1.165, 1.54) is 0 Å². The van der Waals surface area contributed by atoms with Crippen LogP contribution < -0.4 is 18.9 Å². The Morgan fingerprint density at radius 1 is 0.727 bits per heavy atom. The molecule has 1 aliphatic carbocycles. The Balaban J connectivity index is 2.12. The first-order valence-corrected chi connectivity index (χ1v) is 11.1. The van der Waals surface area contributed by atoms with Gasteiger partial charge in [-0.05, 0) is 72.7 Å². The summed E-state index contributed by atoms with van der Waals surface area (Å²) in [5, 5.41) is 0. The van der Waals surface area contributed by atoms with Crippen molar-refractivity contribution in [3.8, 4) is 23.0 Å². The molecule has 0 radical (unpaired) electrons. The first kappa shape index (κ1) is 24.4. The Morgan fingerprint density at radius 3 is 1.48 bits per heavy atom. The number of methoxy groups -OCH3 is 4. The molecule has 1 aliphatic rings. The molecule has 1 saturated carbocycles. The number of carbonyl (C=O) groups is 1. The topological polar surface area (TPSA) is 54.0 Å². The van der Waals surface area contributed by atoms with E-state index in [4.69, 9.17) is 18.9 Å². The van der Waals surface area contributed by atoms with E-state index in [9.17, 15) is 4.79 Å². The van der Waals surface area contributed by atoms with Crippen LogP contribution in [0.25, 0.3) is 12.2 Å². The van der Waals surface area contributed by atoms with Crippen LogP contribution in [-0.4, -0.2) is 34.2 Å². The molecule has 0 N–H and O–H groups in total. The molecule has 0 spiro atoms. The number of ether oxygens (including phenoxy) is 4. The Morgan fingerprint density at radius 2 is 1.15 bits per heavy atom. The van der Waals surface area contributed by atoms with E-state index in [-0.39, 0.29) is 11.2 Å². The molecule has 176 valence electrons. The zero-order valence-electron chi connectivity index (χ0n) is 20.7. The van der Waals surface area contributed by atoms with Gasteiger partial charge in [-0.2, -0.15) is 0 Å². The highest BCUT2D eigenvalue weighted by molar-refractivity contribution is 6.14. The van der Waals surface area contributed by atoms with Crippen LogP contribution in [-0.2, 0) is 4.79 Å². The van der Waals surface area contributed by atoms with Crippen molar-refractivity contribution in [2.24, 2.45) is 11.3 Å². The molecule has 2 aromatic rings. The van der Waals surface area contributed by atoms with Gasteiger partial charge in [0.1, 0.15) is 23.0 Å². The van der Waals surface area contributed by atoms with Crippen LogP contribution in [0.1, 0.15) is 44.7 Å². The van der Waals surface area contributed by atoms with E-state index in [1.807, 2.05) is 48.6 Å². The monoisotopic (exact) mass is 450 g/mol. The largest absolute Gasteiger partial charge is 0.497 e. The molecule has 5 heteroatoms. The van der Waals surface area contributed by atoms with Gasteiger partial charge in [-0.15, -0.1) is 0 Å². The minimum Gasteiger partial charge on any atom is -0.497 e. The van der Waals surface area contributed by atoms with E-state index >= 15 is 0 Å². The van der Waals surface area contributed by atoms with Gasteiger partial charge >= 0.3 is 0 Å². The first-order chi connectivity index (χ1) is 15.7. The van der Waals surface area contributed by atoms with Crippen molar-refractivity contribution >= 4 is 17.9 Å². The van der Waals surface area contributed by atoms with Gasteiger partial charge in [0.05, 0.1) is 28.4 Å². The molecule has 5 nitrogen and oxygen atoms in total. The van der Waals surface area contributed by atoms with Gasteiger partial charge in [-0.1, -0.05) is 20.8 Å². The van der Waals surface area contributed by atoms with Gasteiger partial charge in [-0.3, -0.25) is 4.79 Å². The molecule has 0 saturated heterocycles. The number of ketones is 1. The third kappa shape index (κ3) is 5.59. The quantitative estimate of drug-likeness (QED) is 0.490. The van der Waals surface area contributed by atoms with Gasteiger partial charge in [0.15, 0.2) is 5.78 Å². The van der Waals surface area contributed by atoms with Crippen LogP contribution >= 0.6 is 0 Å². The minimum atomic E-state index is 0.0375. The van der Waals surface area contributed by atoms with Crippen molar-refractivity contribution in [3.05, 3.63) is 58.7 Å². The van der Waals surface area contributed by atoms with Crippen molar-refractivity contribution in [1.82, 2.24) is 0 Å². The Hall–Kier alpha value is -3.21. The summed E-state index contributed by atoms with van der Waals surface area (Å²) in [5.41, 5.74) is 3.22. The second-order valence-electron chi connectivity index (χ2n) is 9.36. The summed E-state index contributed by atoms with van der Waals surface area (Å²) in [6.45, 7) is 6.67.